The van der Waals surface area contributed by atoms with Crippen LogP contribution in [0.2, 0.25) is 0 Å². The third kappa shape index (κ3) is 5.22. The van der Waals surface area contributed by atoms with Gasteiger partial charge in [-0.25, -0.2) is 4.79 Å². The average molecular weight is 496 g/mol. The lowest BCUT2D eigenvalue weighted by atomic mass is 10.2. The normalized spacial score (nSPS) is 10.8. The van der Waals surface area contributed by atoms with Gasteiger partial charge in [0.2, 0.25) is 5.91 Å². The van der Waals surface area contributed by atoms with Crippen LogP contribution in [0, 0.1) is 0 Å². The van der Waals surface area contributed by atoms with Crippen LogP contribution >= 0.6 is 11.3 Å². The fourth-order valence-corrected chi connectivity index (χ4v) is 4.53. The van der Waals surface area contributed by atoms with Gasteiger partial charge in [-0.3, -0.25) is 18.7 Å². The third-order valence-electron chi connectivity index (χ3n) is 5.35. The van der Waals surface area contributed by atoms with Crippen molar-refractivity contribution in [3.8, 4) is 17.2 Å². The maximum Gasteiger partial charge on any atom is 0.332 e. The molecule has 0 atom stereocenters. The first-order chi connectivity index (χ1) is 16.9. The molecule has 2 heterocycles. The topological polar surface area (TPSA) is 101 Å². The van der Waals surface area contributed by atoms with Crippen LogP contribution < -0.4 is 30.8 Å². The van der Waals surface area contributed by atoms with Gasteiger partial charge in [-0.05, 0) is 36.1 Å². The first kappa shape index (κ1) is 24.1. The minimum atomic E-state index is -0.562. The second-order valence-electron chi connectivity index (χ2n) is 7.62. The Morgan fingerprint density at radius 3 is 2.26 bits per heavy atom. The number of ether oxygens (including phenoxy) is 3. The van der Waals surface area contributed by atoms with Gasteiger partial charge in [-0.2, -0.15) is 0 Å². The van der Waals surface area contributed by atoms with Gasteiger partial charge in [-0.15, -0.1) is 11.3 Å². The van der Waals surface area contributed by atoms with Gasteiger partial charge in [0, 0.05) is 23.9 Å². The summed E-state index contributed by atoms with van der Waals surface area (Å²) in [5.74, 6) is 1.31. The van der Waals surface area contributed by atoms with E-state index in [4.69, 9.17) is 14.2 Å². The Morgan fingerprint density at radius 2 is 1.63 bits per heavy atom. The first-order valence-electron chi connectivity index (χ1n) is 10.9. The van der Waals surface area contributed by atoms with E-state index in [1.165, 1.54) is 30.1 Å². The molecule has 0 aliphatic carbocycles. The highest BCUT2D eigenvalue weighted by molar-refractivity contribution is 7.17. The van der Waals surface area contributed by atoms with Crippen molar-refractivity contribution in [2.24, 2.45) is 0 Å². The minimum Gasteiger partial charge on any atom is -0.497 e. The summed E-state index contributed by atoms with van der Waals surface area (Å²) in [6.07, 6.45) is 0. The largest absolute Gasteiger partial charge is 0.497 e. The molecule has 0 unspecified atom stereocenters. The van der Waals surface area contributed by atoms with Crippen molar-refractivity contribution < 1.29 is 19.0 Å². The summed E-state index contributed by atoms with van der Waals surface area (Å²) >= 11 is 1.23. The first-order valence-corrected chi connectivity index (χ1v) is 11.8. The van der Waals surface area contributed by atoms with Crippen LogP contribution in [0.3, 0.4) is 0 Å². The standard InChI is InChI=1S/C25H25N3O6S/c1-4-34-18-7-5-16(6-8-18)14-28-24(30)23-21(9-10-35-23)27(25(28)31)15-22(29)26-17-11-19(32-2)13-20(12-17)33-3/h5-13H,4,14-15H2,1-3H3,(H,26,29). The lowest BCUT2D eigenvalue weighted by molar-refractivity contribution is -0.116. The number of amides is 1. The van der Waals surface area contributed by atoms with Gasteiger partial charge in [0.1, 0.15) is 28.5 Å². The Morgan fingerprint density at radius 1 is 0.943 bits per heavy atom. The molecule has 2 aromatic carbocycles. The highest BCUT2D eigenvalue weighted by Gasteiger charge is 2.17. The predicted octanol–water partition coefficient (Wildman–Crippen LogP) is 3.33. The van der Waals surface area contributed by atoms with Gasteiger partial charge in [-0.1, -0.05) is 12.1 Å². The molecule has 2 aromatic heterocycles. The van der Waals surface area contributed by atoms with Gasteiger partial charge in [0.15, 0.2) is 0 Å². The van der Waals surface area contributed by atoms with E-state index in [1.54, 1.807) is 41.8 Å². The Hall–Kier alpha value is -4.05. The highest BCUT2D eigenvalue weighted by Crippen LogP contribution is 2.26. The van der Waals surface area contributed by atoms with Gasteiger partial charge < -0.3 is 19.5 Å². The van der Waals surface area contributed by atoms with Gasteiger partial charge in [0.25, 0.3) is 5.56 Å². The summed E-state index contributed by atoms with van der Waals surface area (Å²) < 4.78 is 18.8. The van der Waals surface area contributed by atoms with Crippen molar-refractivity contribution >= 4 is 33.1 Å². The maximum atomic E-state index is 13.4. The number of rotatable bonds is 9. The number of thiophene rings is 1. The molecule has 0 radical (unpaired) electrons. The second kappa shape index (κ2) is 10.5. The molecular weight excluding hydrogens is 470 g/mol. The van der Waals surface area contributed by atoms with E-state index in [9.17, 15) is 14.4 Å². The molecule has 4 aromatic rings. The number of carbonyl (C=O) groups is 1. The summed E-state index contributed by atoms with van der Waals surface area (Å²) in [6.45, 7) is 2.25. The number of carbonyl (C=O) groups excluding carboxylic acids is 1. The van der Waals surface area contributed by atoms with Crippen molar-refractivity contribution in [1.82, 2.24) is 9.13 Å². The van der Waals surface area contributed by atoms with Crippen molar-refractivity contribution in [2.75, 3.05) is 26.1 Å². The average Bonchev–Trinajstić information content (AvgIpc) is 3.35. The zero-order chi connectivity index (χ0) is 24.9. The number of anilines is 1. The van der Waals surface area contributed by atoms with Crippen LogP contribution in [0.25, 0.3) is 10.2 Å². The second-order valence-corrected chi connectivity index (χ2v) is 8.54. The Labute approximate surface area is 205 Å². The van der Waals surface area contributed by atoms with E-state index in [-0.39, 0.29) is 18.6 Å². The van der Waals surface area contributed by atoms with Crippen LogP contribution in [0.15, 0.2) is 63.5 Å². The molecule has 0 saturated heterocycles. The molecule has 35 heavy (non-hydrogen) atoms. The van der Waals surface area contributed by atoms with Crippen LogP contribution in [0.1, 0.15) is 12.5 Å². The van der Waals surface area contributed by atoms with E-state index < -0.39 is 11.6 Å². The summed E-state index contributed by atoms with van der Waals surface area (Å²) in [7, 11) is 3.03. The molecule has 9 nitrogen and oxygen atoms in total. The molecule has 182 valence electrons. The van der Waals surface area contributed by atoms with E-state index in [0.29, 0.717) is 39.8 Å². The van der Waals surface area contributed by atoms with Crippen molar-refractivity contribution in [3.05, 3.63) is 80.3 Å². The van der Waals surface area contributed by atoms with Gasteiger partial charge in [0.05, 0.1) is 32.9 Å². The zero-order valence-electron chi connectivity index (χ0n) is 19.6. The van der Waals surface area contributed by atoms with E-state index in [1.807, 2.05) is 19.1 Å². The third-order valence-corrected chi connectivity index (χ3v) is 6.24. The summed E-state index contributed by atoms with van der Waals surface area (Å²) in [5, 5.41) is 4.50. The lowest BCUT2D eigenvalue weighted by Crippen LogP contribution is -2.41. The minimum absolute atomic E-state index is 0.0760. The smallest absolute Gasteiger partial charge is 0.332 e. The predicted molar refractivity (Wildman–Crippen MR) is 135 cm³/mol. The number of methoxy groups -OCH3 is 2. The highest BCUT2D eigenvalue weighted by atomic mass is 32.1. The fraction of sp³-hybridized carbons (Fsp3) is 0.240. The zero-order valence-corrected chi connectivity index (χ0v) is 20.4. The summed E-state index contributed by atoms with van der Waals surface area (Å²) in [5.41, 5.74) is 0.703. The molecule has 0 aliphatic rings. The van der Waals surface area contributed by atoms with E-state index in [2.05, 4.69) is 5.32 Å². The summed E-state index contributed by atoms with van der Waals surface area (Å²) in [4.78, 5) is 39.3. The molecule has 0 spiro atoms. The van der Waals surface area contributed by atoms with Crippen molar-refractivity contribution in [3.63, 3.8) is 0 Å². The quantitative estimate of drug-likeness (QED) is 0.382. The monoisotopic (exact) mass is 495 g/mol. The molecule has 1 amide bonds. The molecular formula is C25H25N3O6S. The molecule has 0 bridgehead atoms. The van der Waals surface area contributed by atoms with Crippen LogP contribution in [-0.2, 0) is 17.9 Å². The molecule has 0 saturated carbocycles. The SMILES string of the molecule is CCOc1ccc(Cn2c(=O)c3sccc3n(CC(=O)Nc3cc(OC)cc(OC)c3)c2=O)cc1. The Kier molecular flexibility index (Phi) is 7.21. The number of nitrogens with one attached hydrogen (secondary N) is 1. The van der Waals surface area contributed by atoms with Crippen LogP contribution in [0.5, 0.6) is 17.2 Å². The van der Waals surface area contributed by atoms with E-state index in [0.717, 1.165) is 10.1 Å². The lowest BCUT2D eigenvalue weighted by Gasteiger charge is -2.14. The number of fused-ring (bicyclic) bond motifs is 1. The van der Waals surface area contributed by atoms with Gasteiger partial charge >= 0.3 is 5.69 Å². The van der Waals surface area contributed by atoms with Crippen molar-refractivity contribution in [2.45, 2.75) is 20.0 Å². The van der Waals surface area contributed by atoms with Crippen LogP contribution in [-0.4, -0.2) is 35.9 Å². The number of hydrogen-bond acceptors (Lipinski definition) is 7. The number of nitrogens with zero attached hydrogens (tertiary/aromatic N) is 2. The molecule has 1 N–H and O–H groups in total. The number of hydrogen-bond donors (Lipinski definition) is 1. The maximum absolute atomic E-state index is 13.4. The fourth-order valence-electron chi connectivity index (χ4n) is 3.69. The van der Waals surface area contributed by atoms with Crippen LogP contribution in [0.4, 0.5) is 5.69 Å². The molecule has 10 heteroatoms. The Balaban J connectivity index is 1.65. The Bertz CT molecular complexity index is 1450. The van der Waals surface area contributed by atoms with Crippen molar-refractivity contribution in [1.29, 1.82) is 0 Å². The summed E-state index contributed by atoms with van der Waals surface area (Å²) in [6, 6.07) is 13.9. The van der Waals surface area contributed by atoms with E-state index >= 15 is 0 Å². The number of benzene rings is 2. The molecule has 0 aliphatic heterocycles. The molecule has 4 rings (SSSR count). The number of aromatic nitrogens is 2. The molecule has 0 fully saturated rings.